The summed E-state index contributed by atoms with van der Waals surface area (Å²) < 4.78 is 9.87. The quantitative estimate of drug-likeness (QED) is 0.552. The molecular formula is C16H21Cl2NO3. The Morgan fingerprint density at radius 2 is 2.00 bits per heavy atom. The van der Waals surface area contributed by atoms with E-state index in [2.05, 4.69) is 5.32 Å². The van der Waals surface area contributed by atoms with E-state index in [0.29, 0.717) is 39.4 Å². The summed E-state index contributed by atoms with van der Waals surface area (Å²) in [5.74, 6) is -0.385. The summed E-state index contributed by atoms with van der Waals surface area (Å²) in [4.78, 5) is 11.8. The van der Waals surface area contributed by atoms with E-state index in [0.717, 1.165) is 11.1 Å². The molecule has 1 unspecified atom stereocenters. The van der Waals surface area contributed by atoms with Gasteiger partial charge in [-0.05, 0) is 24.5 Å². The first-order valence-corrected chi connectivity index (χ1v) is 8.17. The second-order valence-corrected chi connectivity index (χ2v) is 6.85. The maximum Gasteiger partial charge on any atom is 0.226 e. The zero-order valence-corrected chi connectivity index (χ0v) is 14.1. The Balaban J connectivity index is 1.73. The highest BCUT2D eigenvalue weighted by atomic mass is 35.5. The molecule has 0 spiro atoms. The second-order valence-electron chi connectivity index (χ2n) is 5.31. The van der Waals surface area contributed by atoms with Crippen molar-refractivity contribution >= 4 is 29.1 Å². The highest BCUT2D eigenvalue weighted by Crippen LogP contribution is 2.53. The first kappa shape index (κ1) is 17.5. The maximum absolute atomic E-state index is 11.8. The molecule has 6 heteroatoms. The van der Waals surface area contributed by atoms with Crippen LogP contribution in [0.1, 0.15) is 24.5 Å². The van der Waals surface area contributed by atoms with E-state index in [1.54, 1.807) is 0 Å². The molecule has 0 saturated heterocycles. The van der Waals surface area contributed by atoms with Gasteiger partial charge in [0.25, 0.3) is 0 Å². The average Bonchev–Trinajstić information content (AvgIpc) is 3.14. The van der Waals surface area contributed by atoms with Crippen molar-refractivity contribution in [3.63, 3.8) is 0 Å². The van der Waals surface area contributed by atoms with Crippen molar-refractivity contribution in [1.82, 2.24) is 5.32 Å². The summed E-state index contributed by atoms with van der Waals surface area (Å²) in [6, 6.07) is 7.93. The number of hydrogen-bond donors (Lipinski definition) is 1. The summed E-state index contributed by atoms with van der Waals surface area (Å²) in [6.45, 7) is 4.83. The van der Waals surface area contributed by atoms with Crippen molar-refractivity contribution in [3.05, 3.63) is 35.4 Å². The van der Waals surface area contributed by atoms with E-state index in [1.165, 1.54) is 0 Å². The fourth-order valence-corrected chi connectivity index (χ4v) is 2.60. The van der Waals surface area contributed by atoms with Crippen LogP contribution in [-0.2, 0) is 27.4 Å². The Hall–Kier alpha value is -0.810. The second kappa shape index (κ2) is 8.16. The van der Waals surface area contributed by atoms with Gasteiger partial charge in [0.2, 0.25) is 5.91 Å². The van der Waals surface area contributed by atoms with Crippen LogP contribution >= 0.6 is 23.2 Å². The summed E-state index contributed by atoms with van der Waals surface area (Å²) in [5.41, 5.74) is 2.09. The van der Waals surface area contributed by atoms with Gasteiger partial charge in [-0.25, -0.2) is 0 Å². The lowest BCUT2D eigenvalue weighted by Crippen LogP contribution is -2.26. The van der Waals surface area contributed by atoms with Crippen LogP contribution in [0, 0.1) is 5.92 Å². The van der Waals surface area contributed by atoms with Gasteiger partial charge in [0.05, 0.1) is 25.7 Å². The molecule has 122 valence electrons. The molecule has 1 fully saturated rings. The van der Waals surface area contributed by atoms with E-state index in [1.807, 2.05) is 31.2 Å². The van der Waals surface area contributed by atoms with E-state index in [4.69, 9.17) is 32.7 Å². The minimum Gasteiger partial charge on any atom is -0.379 e. The molecule has 0 bridgehead atoms. The summed E-state index contributed by atoms with van der Waals surface area (Å²) in [5, 5.41) is 2.86. The molecule has 1 atom stereocenters. The smallest absolute Gasteiger partial charge is 0.226 e. The number of halogens is 2. The first-order valence-electron chi connectivity index (χ1n) is 7.42. The van der Waals surface area contributed by atoms with Crippen molar-refractivity contribution < 1.29 is 14.3 Å². The highest BCUT2D eigenvalue weighted by molar-refractivity contribution is 6.52. The van der Waals surface area contributed by atoms with Crippen LogP contribution in [0.4, 0.5) is 0 Å². The normalized spacial score (nSPS) is 19.0. The van der Waals surface area contributed by atoms with Crippen LogP contribution in [0.25, 0.3) is 0 Å². The van der Waals surface area contributed by atoms with Crippen molar-refractivity contribution in [2.45, 2.75) is 30.8 Å². The molecule has 0 aliphatic heterocycles. The van der Waals surface area contributed by atoms with E-state index >= 15 is 0 Å². The molecular weight excluding hydrogens is 325 g/mol. The topological polar surface area (TPSA) is 47.6 Å². The SMILES string of the molecule is CCOCCOCc1cccc(CNC(=O)C2CC2(Cl)Cl)c1. The number of nitrogens with one attached hydrogen (secondary N) is 1. The Morgan fingerprint density at radius 1 is 1.32 bits per heavy atom. The van der Waals surface area contributed by atoms with Gasteiger partial charge in [-0.1, -0.05) is 24.3 Å². The molecule has 22 heavy (non-hydrogen) atoms. The molecule has 1 N–H and O–H groups in total. The third kappa shape index (κ3) is 5.43. The lowest BCUT2D eigenvalue weighted by molar-refractivity contribution is -0.122. The van der Waals surface area contributed by atoms with E-state index in [9.17, 15) is 4.79 Å². The van der Waals surface area contributed by atoms with Crippen molar-refractivity contribution in [2.75, 3.05) is 19.8 Å². The third-order valence-electron chi connectivity index (χ3n) is 3.45. The molecule has 1 aromatic rings. The van der Waals surface area contributed by atoms with Crippen LogP contribution in [0.5, 0.6) is 0 Å². The van der Waals surface area contributed by atoms with Gasteiger partial charge in [0.15, 0.2) is 0 Å². The fraction of sp³-hybridized carbons (Fsp3) is 0.562. The van der Waals surface area contributed by atoms with Crippen molar-refractivity contribution in [1.29, 1.82) is 0 Å². The van der Waals surface area contributed by atoms with Crippen LogP contribution in [0.3, 0.4) is 0 Å². The number of alkyl halides is 2. The number of carbonyl (C=O) groups is 1. The van der Waals surface area contributed by atoms with Gasteiger partial charge in [0.1, 0.15) is 4.33 Å². The van der Waals surface area contributed by atoms with Gasteiger partial charge < -0.3 is 14.8 Å². The van der Waals surface area contributed by atoms with Crippen LogP contribution in [-0.4, -0.2) is 30.1 Å². The summed E-state index contributed by atoms with van der Waals surface area (Å²) >= 11 is 11.8. The van der Waals surface area contributed by atoms with Crippen LogP contribution in [0.15, 0.2) is 24.3 Å². The molecule has 0 heterocycles. The maximum atomic E-state index is 11.8. The summed E-state index contributed by atoms with van der Waals surface area (Å²) in [6.07, 6.45) is 0.523. The number of amides is 1. The molecule has 1 saturated carbocycles. The molecule has 2 rings (SSSR count). The van der Waals surface area contributed by atoms with Gasteiger partial charge in [-0.2, -0.15) is 0 Å². The van der Waals surface area contributed by atoms with Gasteiger partial charge in [0, 0.05) is 13.2 Å². The molecule has 0 aromatic heterocycles. The van der Waals surface area contributed by atoms with Crippen molar-refractivity contribution in [3.8, 4) is 0 Å². The predicted octanol–water partition coefficient (Wildman–Crippen LogP) is 3.05. The highest BCUT2D eigenvalue weighted by Gasteiger charge is 2.56. The first-order chi connectivity index (χ1) is 10.5. The van der Waals surface area contributed by atoms with Gasteiger partial charge >= 0.3 is 0 Å². The van der Waals surface area contributed by atoms with Crippen LogP contribution in [0.2, 0.25) is 0 Å². The number of benzene rings is 1. The Kier molecular flexibility index (Phi) is 6.50. The lowest BCUT2D eigenvalue weighted by Gasteiger charge is -2.08. The number of ether oxygens (including phenoxy) is 2. The predicted molar refractivity (Wildman–Crippen MR) is 87.0 cm³/mol. The standard InChI is InChI=1S/C16H21Cl2NO3/c1-2-21-6-7-22-11-13-5-3-4-12(8-13)10-19-15(20)14-9-16(14,17)18/h3-5,8,14H,2,6-7,9-11H2,1H3,(H,19,20). The Bertz CT molecular complexity index is 508. The molecule has 1 aliphatic carbocycles. The lowest BCUT2D eigenvalue weighted by atomic mass is 10.1. The molecule has 1 aliphatic rings. The third-order valence-corrected chi connectivity index (χ3v) is 4.28. The van der Waals surface area contributed by atoms with Crippen molar-refractivity contribution in [2.24, 2.45) is 5.92 Å². The Morgan fingerprint density at radius 3 is 2.68 bits per heavy atom. The minimum atomic E-state index is -0.875. The van der Waals surface area contributed by atoms with Crippen LogP contribution < -0.4 is 5.32 Å². The Labute approximate surface area is 141 Å². The minimum absolute atomic E-state index is 0.0941. The number of hydrogen-bond acceptors (Lipinski definition) is 3. The zero-order chi connectivity index (χ0) is 16.0. The largest absolute Gasteiger partial charge is 0.379 e. The van der Waals surface area contributed by atoms with Gasteiger partial charge in [-0.15, -0.1) is 23.2 Å². The number of rotatable bonds is 9. The van der Waals surface area contributed by atoms with E-state index < -0.39 is 4.33 Å². The fourth-order valence-electron chi connectivity index (χ4n) is 2.09. The monoisotopic (exact) mass is 345 g/mol. The van der Waals surface area contributed by atoms with Gasteiger partial charge in [-0.3, -0.25) is 4.79 Å². The van der Waals surface area contributed by atoms with E-state index in [-0.39, 0.29) is 11.8 Å². The molecule has 4 nitrogen and oxygen atoms in total. The average molecular weight is 346 g/mol. The zero-order valence-electron chi connectivity index (χ0n) is 12.6. The molecule has 0 radical (unpaired) electrons. The molecule has 1 aromatic carbocycles. The molecule has 1 amide bonds. The number of carbonyl (C=O) groups excluding carboxylic acids is 1. The summed E-state index contributed by atoms with van der Waals surface area (Å²) in [7, 11) is 0.